The van der Waals surface area contributed by atoms with E-state index < -0.39 is 21.5 Å². The fourth-order valence-corrected chi connectivity index (χ4v) is 5.67. The van der Waals surface area contributed by atoms with Gasteiger partial charge in [-0.1, -0.05) is 35.5 Å². The van der Waals surface area contributed by atoms with Gasteiger partial charge in [-0.2, -0.15) is 4.31 Å². The number of carbonyl (C=O) groups excluding carboxylic acids is 1. The molecule has 32 heavy (non-hydrogen) atoms. The van der Waals surface area contributed by atoms with Crippen molar-refractivity contribution in [1.82, 2.24) is 19.3 Å². The first kappa shape index (κ1) is 22.0. The molecule has 0 unspecified atom stereocenters. The van der Waals surface area contributed by atoms with Gasteiger partial charge in [0.15, 0.2) is 5.76 Å². The number of nitrogens with zero attached hydrogens (tertiary/aromatic N) is 3. The summed E-state index contributed by atoms with van der Waals surface area (Å²) in [6, 6.07) is 12.6. The number of hydrogen-bond donors (Lipinski definition) is 1. The summed E-state index contributed by atoms with van der Waals surface area (Å²) in [6.07, 6.45) is 0.453. The van der Waals surface area contributed by atoms with E-state index in [2.05, 4.69) is 10.1 Å². The van der Waals surface area contributed by atoms with Crippen LogP contribution in [0.1, 0.15) is 28.2 Å². The second-order valence-electron chi connectivity index (χ2n) is 7.68. The molecule has 10 heteroatoms. The molecule has 1 fully saturated rings. The summed E-state index contributed by atoms with van der Waals surface area (Å²) in [5, 5.41) is 3.74. The van der Waals surface area contributed by atoms with E-state index in [1.807, 2.05) is 30.3 Å². The van der Waals surface area contributed by atoms with E-state index in [9.17, 15) is 18.0 Å². The molecule has 0 spiro atoms. The third-order valence-corrected chi connectivity index (χ3v) is 7.68. The first-order valence-electron chi connectivity index (χ1n) is 10.3. The van der Waals surface area contributed by atoms with Gasteiger partial charge in [0.1, 0.15) is 16.2 Å². The van der Waals surface area contributed by atoms with Gasteiger partial charge in [-0.05, 0) is 38.0 Å². The monoisotopic (exact) mass is 456 g/mol. The van der Waals surface area contributed by atoms with E-state index in [-0.39, 0.29) is 35.9 Å². The molecule has 168 valence electrons. The number of rotatable bonds is 4. The maximum absolute atomic E-state index is 13.1. The second-order valence-corrected chi connectivity index (χ2v) is 9.56. The van der Waals surface area contributed by atoms with Gasteiger partial charge in [-0.3, -0.25) is 9.59 Å². The largest absolute Gasteiger partial charge is 0.360 e. The number of aryl methyl sites for hydroxylation is 2. The zero-order chi connectivity index (χ0) is 22.9. The van der Waals surface area contributed by atoms with Crippen LogP contribution in [0.15, 0.2) is 56.7 Å². The van der Waals surface area contributed by atoms with Gasteiger partial charge in [0.25, 0.3) is 11.5 Å². The molecule has 9 nitrogen and oxygen atoms in total. The maximum Gasteiger partial charge on any atom is 0.261 e. The molecular formula is C22H24N4O5S. The molecule has 1 aromatic carbocycles. The molecule has 1 aliphatic heterocycles. The summed E-state index contributed by atoms with van der Waals surface area (Å²) >= 11 is 0. The Morgan fingerprint density at radius 3 is 2.44 bits per heavy atom. The van der Waals surface area contributed by atoms with Crippen molar-refractivity contribution < 1.29 is 17.7 Å². The molecule has 1 amide bonds. The smallest absolute Gasteiger partial charge is 0.261 e. The van der Waals surface area contributed by atoms with Gasteiger partial charge in [-0.25, -0.2) is 8.42 Å². The minimum Gasteiger partial charge on any atom is -0.360 e. The van der Waals surface area contributed by atoms with E-state index >= 15 is 0 Å². The molecule has 1 N–H and O–H groups in total. The van der Waals surface area contributed by atoms with Crippen LogP contribution in [0, 0.1) is 13.8 Å². The van der Waals surface area contributed by atoms with E-state index in [0.717, 1.165) is 5.56 Å². The maximum atomic E-state index is 13.1. The van der Waals surface area contributed by atoms with Crippen molar-refractivity contribution in [3.8, 4) is 11.3 Å². The number of aromatic amines is 1. The Balaban J connectivity index is 1.51. The number of hydrogen-bond acceptors (Lipinski definition) is 6. The van der Waals surface area contributed by atoms with Crippen molar-refractivity contribution >= 4 is 15.9 Å². The number of sulfonamides is 1. The Hall–Kier alpha value is -3.24. The lowest BCUT2D eigenvalue weighted by Crippen LogP contribution is -2.39. The highest BCUT2D eigenvalue weighted by molar-refractivity contribution is 7.89. The molecule has 1 aliphatic rings. The van der Waals surface area contributed by atoms with Crippen LogP contribution in [-0.2, 0) is 10.0 Å². The van der Waals surface area contributed by atoms with Gasteiger partial charge < -0.3 is 14.4 Å². The molecule has 0 bridgehead atoms. The summed E-state index contributed by atoms with van der Waals surface area (Å²) in [7, 11) is -3.79. The van der Waals surface area contributed by atoms with Crippen molar-refractivity contribution in [3.05, 3.63) is 69.8 Å². The van der Waals surface area contributed by atoms with Crippen LogP contribution in [0.2, 0.25) is 0 Å². The quantitative estimate of drug-likeness (QED) is 0.643. The van der Waals surface area contributed by atoms with Crippen LogP contribution in [-0.4, -0.2) is 59.8 Å². The Morgan fingerprint density at radius 1 is 1.03 bits per heavy atom. The van der Waals surface area contributed by atoms with Crippen LogP contribution >= 0.6 is 0 Å². The van der Waals surface area contributed by atoms with Crippen molar-refractivity contribution in [3.63, 3.8) is 0 Å². The summed E-state index contributed by atoms with van der Waals surface area (Å²) in [5.41, 5.74) is 1.34. The Kier molecular flexibility index (Phi) is 5.98. The zero-order valence-electron chi connectivity index (χ0n) is 17.9. The van der Waals surface area contributed by atoms with Crippen molar-refractivity contribution in [2.75, 3.05) is 26.2 Å². The fraction of sp³-hybridized carbons (Fsp3) is 0.318. The summed E-state index contributed by atoms with van der Waals surface area (Å²) in [6.45, 7) is 4.07. The average Bonchev–Trinajstić information content (AvgIpc) is 2.98. The third-order valence-electron chi connectivity index (χ3n) is 5.53. The number of aromatic nitrogens is 2. The number of carbonyl (C=O) groups is 1. The highest BCUT2D eigenvalue weighted by Crippen LogP contribution is 2.24. The third kappa shape index (κ3) is 4.11. The lowest BCUT2D eigenvalue weighted by atomic mass is 10.1. The molecule has 3 aromatic rings. The fourth-order valence-electron chi connectivity index (χ4n) is 3.91. The Labute approximate surface area is 185 Å². The number of benzene rings is 1. The summed E-state index contributed by atoms with van der Waals surface area (Å²) in [5.74, 6) is -0.174. The van der Waals surface area contributed by atoms with Gasteiger partial charge in [-0.15, -0.1) is 0 Å². The van der Waals surface area contributed by atoms with Crippen LogP contribution in [0.4, 0.5) is 0 Å². The lowest BCUT2D eigenvalue weighted by Gasteiger charge is -2.21. The van der Waals surface area contributed by atoms with Crippen LogP contribution in [0.25, 0.3) is 11.3 Å². The Bertz CT molecular complexity index is 1280. The molecule has 0 aliphatic carbocycles. The number of amides is 1. The van der Waals surface area contributed by atoms with Gasteiger partial charge in [0.05, 0.1) is 0 Å². The minimum absolute atomic E-state index is 0.0340. The van der Waals surface area contributed by atoms with E-state index in [4.69, 9.17) is 4.52 Å². The number of pyridine rings is 1. The lowest BCUT2D eigenvalue weighted by molar-refractivity contribution is 0.0762. The van der Waals surface area contributed by atoms with E-state index in [0.29, 0.717) is 24.4 Å². The van der Waals surface area contributed by atoms with Crippen LogP contribution in [0.3, 0.4) is 0 Å². The molecule has 3 heterocycles. The highest BCUT2D eigenvalue weighted by Gasteiger charge is 2.33. The van der Waals surface area contributed by atoms with Crippen LogP contribution in [0.5, 0.6) is 0 Å². The first-order valence-corrected chi connectivity index (χ1v) is 11.7. The van der Waals surface area contributed by atoms with E-state index in [1.54, 1.807) is 19.9 Å². The predicted octanol–water partition coefficient (Wildman–Crippen LogP) is 2.18. The average molecular weight is 457 g/mol. The molecule has 4 rings (SSSR count). The van der Waals surface area contributed by atoms with Crippen molar-refractivity contribution in [1.29, 1.82) is 0 Å². The molecule has 1 saturated heterocycles. The first-order chi connectivity index (χ1) is 15.3. The topological polar surface area (TPSA) is 117 Å². The van der Waals surface area contributed by atoms with E-state index in [1.165, 1.54) is 15.3 Å². The molecule has 0 saturated carbocycles. The van der Waals surface area contributed by atoms with Crippen molar-refractivity contribution in [2.24, 2.45) is 0 Å². The SMILES string of the molecule is Cc1noc(C)c1S(=O)(=O)N1CCCN(C(=O)c2ccc(-c3ccccc3)[nH]c2=O)CC1. The zero-order valence-corrected chi connectivity index (χ0v) is 18.7. The Morgan fingerprint density at radius 2 is 1.78 bits per heavy atom. The van der Waals surface area contributed by atoms with Gasteiger partial charge in [0.2, 0.25) is 10.0 Å². The normalized spacial score (nSPS) is 15.5. The highest BCUT2D eigenvalue weighted by atomic mass is 32.2. The number of H-pyrrole nitrogens is 1. The second kappa shape index (κ2) is 8.71. The van der Waals surface area contributed by atoms with Crippen LogP contribution < -0.4 is 5.56 Å². The molecule has 2 aromatic heterocycles. The molecular weight excluding hydrogens is 432 g/mol. The van der Waals surface area contributed by atoms with Gasteiger partial charge in [0, 0.05) is 31.9 Å². The van der Waals surface area contributed by atoms with Crippen molar-refractivity contribution in [2.45, 2.75) is 25.2 Å². The minimum atomic E-state index is -3.79. The molecule has 0 atom stereocenters. The summed E-state index contributed by atoms with van der Waals surface area (Å²) in [4.78, 5) is 30.0. The summed E-state index contributed by atoms with van der Waals surface area (Å²) < 4.78 is 32.5. The predicted molar refractivity (Wildman–Crippen MR) is 118 cm³/mol. The standard InChI is InChI=1S/C22H24N4O5S/c1-15-20(16(2)31-24-15)32(29,30)26-12-6-11-25(13-14-26)22(28)18-9-10-19(23-21(18)27)17-7-4-3-5-8-17/h3-5,7-10H,6,11-14H2,1-2H3,(H,23,27). The van der Waals surface area contributed by atoms with Gasteiger partial charge >= 0.3 is 0 Å². The number of nitrogens with one attached hydrogen (secondary N) is 1. The molecule has 0 radical (unpaired) electrons.